The Morgan fingerprint density at radius 1 is 0.885 bits per heavy atom. The first-order valence-electron chi connectivity index (χ1n) is 8.08. The molecule has 0 aliphatic rings. The van der Waals surface area contributed by atoms with Gasteiger partial charge in [0, 0.05) is 19.9 Å². The highest BCUT2D eigenvalue weighted by Crippen LogP contribution is 2.02. The highest BCUT2D eigenvalue weighted by Gasteiger charge is 2.22. The van der Waals surface area contributed by atoms with Crippen LogP contribution in [0.5, 0.6) is 0 Å². The number of rotatable bonds is 14. The second-order valence-corrected chi connectivity index (χ2v) is 5.64. The molecule has 148 valence electrons. The molecule has 0 spiro atoms. The number of carboxylic acid groups (broad SMARTS) is 3. The monoisotopic (exact) mass is 375 g/mol. The SMILES string of the molecule is CC(=O)NCCCC[C@H](NC(=O)CN[C@@H](CCC(=O)O)C(=O)O)C(=O)O. The van der Waals surface area contributed by atoms with Gasteiger partial charge in [-0.1, -0.05) is 0 Å². The smallest absolute Gasteiger partial charge is 0.326 e. The predicted molar refractivity (Wildman–Crippen MR) is 88.4 cm³/mol. The Morgan fingerprint density at radius 3 is 2.00 bits per heavy atom. The minimum Gasteiger partial charge on any atom is -0.481 e. The van der Waals surface area contributed by atoms with Crippen LogP contribution in [0.3, 0.4) is 0 Å². The lowest BCUT2D eigenvalue weighted by atomic mass is 10.1. The fourth-order valence-electron chi connectivity index (χ4n) is 2.04. The Hall–Kier alpha value is -2.69. The minimum atomic E-state index is -1.30. The van der Waals surface area contributed by atoms with Crippen LogP contribution in [0.2, 0.25) is 0 Å². The summed E-state index contributed by atoms with van der Waals surface area (Å²) in [7, 11) is 0. The van der Waals surface area contributed by atoms with Gasteiger partial charge in [0.1, 0.15) is 12.1 Å². The van der Waals surface area contributed by atoms with Gasteiger partial charge in [-0.3, -0.25) is 24.5 Å². The molecule has 0 saturated heterocycles. The summed E-state index contributed by atoms with van der Waals surface area (Å²) in [6.45, 7) is 1.32. The first-order valence-corrected chi connectivity index (χ1v) is 8.08. The van der Waals surface area contributed by atoms with Gasteiger partial charge < -0.3 is 26.0 Å². The zero-order valence-electron chi connectivity index (χ0n) is 14.5. The molecule has 0 saturated carbocycles. The molecule has 2 atom stereocenters. The molecule has 0 aromatic carbocycles. The molecule has 0 aromatic rings. The van der Waals surface area contributed by atoms with Gasteiger partial charge in [0.2, 0.25) is 11.8 Å². The van der Waals surface area contributed by atoms with E-state index in [1.807, 2.05) is 0 Å². The van der Waals surface area contributed by atoms with Gasteiger partial charge in [-0.15, -0.1) is 0 Å². The van der Waals surface area contributed by atoms with Crippen molar-refractivity contribution in [1.82, 2.24) is 16.0 Å². The van der Waals surface area contributed by atoms with E-state index in [9.17, 15) is 24.0 Å². The van der Waals surface area contributed by atoms with Gasteiger partial charge in [0.15, 0.2) is 0 Å². The topological polar surface area (TPSA) is 182 Å². The summed E-state index contributed by atoms with van der Waals surface area (Å²) in [6.07, 6.45) is 0.582. The third kappa shape index (κ3) is 11.8. The van der Waals surface area contributed by atoms with Gasteiger partial charge in [-0.25, -0.2) is 4.79 Å². The second-order valence-electron chi connectivity index (χ2n) is 5.64. The van der Waals surface area contributed by atoms with E-state index in [1.54, 1.807) is 0 Å². The standard InChI is InChI=1S/C15H25N3O8/c1-9(19)16-7-3-2-4-11(15(25)26)18-12(20)8-17-10(14(23)24)5-6-13(21)22/h10-11,17H,2-8H2,1H3,(H,16,19)(H,18,20)(H,21,22)(H,23,24)(H,25,26)/t10-,11-/m0/s1. The number of carboxylic acids is 3. The Kier molecular flexibility index (Phi) is 11.3. The van der Waals surface area contributed by atoms with Crippen LogP contribution in [0.1, 0.15) is 39.0 Å². The van der Waals surface area contributed by atoms with Crippen molar-refractivity contribution in [3.05, 3.63) is 0 Å². The molecule has 0 aliphatic carbocycles. The summed E-state index contributed by atoms with van der Waals surface area (Å²) in [6, 6.07) is -2.36. The lowest BCUT2D eigenvalue weighted by Gasteiger charge is -2.17. The van der Waals surface area contributed by atoms with Crippen molar-refractivity contribution in [2.45, 2.75) is 51.1 Å². The molecule has 0 bridgehead atoms. The minimum absolute atomic E-state index is 0.155. The van der Waals surface area contributed by atoms with Crippen molar-refractivity contribution in [3.8, 4) is 0 Å². The Morgan fingerprint density at radius 2 is 1.50 bits per heavy atom. The zero-order valence-corrected chi connectivity index (χ0v) is 14.5. The van der Waals surface area contributed by atoms with E-state index in [-0.39, 0.29) is 25.2 Å². The van der Waals surface area contributed by atoms with Crippen molar-refractivity contribution < 1.29 is 39.3 Å². The predicted octanol–water partition coefficient (Wildman–Crippen LogP) is -1.23. The number of carbonyl (C=O) groups excluding carboxylic acids is 2. The average molecular weight is 375 g/mol. The van der Waals surface area contributed by atoms with E-state index in [2.05, 4.69) is 16.0 Å². The third-order valence-electron chi connectivity index (χ3n) is 3.38. The van der Waals surface area contributed by atoms with E-state index < -0.39 is 42.4 Å². The number of hydrogen-bond donors (Lipinski definition) is 6. The van der Waals surface area contributed by atoms with Gasteiger partial charge in [0.25, 0.3) is 0 Å². The summed E-state index contributed by atoms with van der Waals surface area (Å²) in [5.74, 6) is -4.58. The van der Waals surface area contributed by atoms with Gasteiger partial charge in [0.05, 0.1) is 6.54 Å². The molecule has 0 heterocycles. The summed E-state index contributed by atoms with van der Waals surface area (Å²) in [5, 5.41) is 33.9. The number of hydrogen-bond acceptors (Lipinski definition) is 6. The van der Waals surface area contributed by atoms with Crippen molar-refractivity contribution in [2.24, 2.45) is 0 Å². The Bertz CT molecular complexity index is 523. The highest BCUT2D eigenvalue weighted by molar-refractivity contribution is 5.85. The van der Waals surface area contributed by atoms with Crippen LogP contribution in [0.4, 0.5) is 0 Å². The number of aliphatic carboxylic acids is 3. The first kappa shape index (κ1) is 23.3. The van der Waals surface area contributed by atoms with Crippen LogP contribution in [0.25, 0.3) is 0 Å². The lowest BCUT2D eigenvalue weighted by Crippen LogP contribution is -2.48. The zero-order chi connectivity index (χ0) is 20.1. The molecule has 26 heavy (non-hydrogen) atoms. The quantitative estimate of drug-likeness (QED) is 0.202. The molecule has 0 fully saturated rings. The van der Waals surface area contributed by atoms with Gasteiger partial charge in [-0.2, -0.15) is 0 Å². The largest absolute Gasteiger partial charge is 0.481 e. The molecule has 11 nitrogen and oxygen atoms in total. The maximum Gasteiger partial charge on any atom is 0.326 e. The maximum absolute atomic E-state index is 11.8. The number of carbonyl (C=O) groups is 5. The van der Waals surface area contributed by atoms with Gasteiger partial charge in [-0.05, 0) is 25.7 Å². The van der Waals surface area contributed by atoms with Gasteiger partial charge >= 0.3 is 17.9 Å². The molecule has 0 radical (unpaired) electrons. The third-order valence-corrected chi connectivity index (χ3v) is 3.38. The number of unbranched alkanes of at least 4 members (excludes halogenated alkanes) is 1. The fourth-order valence-corrected chi connectivity index (χ4v) is 2.04. The lowest BCUT2D eigenvalue weighted by molar-refractivity contribution is -0.143. The average Bonchev–Trinajstić information content (AvgIpc) is 2.52. The van der Waals surface area contributed by atoms with Crippen molar-refractivity contribution in [1.29, 1.82) is 0 Å². The van der Waals surface area contributed by atoms with Crippen LogP contribution in [-0.2, 0) is 24.0 Å². The van der Waals surface area contributed by atoms with E-state index >= 15 is 0 Å². The fraction of sp³-hybridized carbons (Fsp3) is 0.667. The molecule has 0 unspecified atom stereocenters. The van der Waals surface area contributed by atoms with Crippen LogP contribution >= 0.6 is 0 Å². The Labute approximate surface area is 150 Å². The van der Waals surface area contributed by atoms with E-state index in [1.165, 1.54) is 6.92 Å². The maximum atomic E-state index is 11.8. The molecule has 2 amide bonds. The molecule has 11 heteroatoms. The Balaban J connectivity index is 4.31. The van der Waals surface area contributed by atoms with E-state index in [0.717, 1.165) is 0 Å². The van der Waals surface area contributed by atoms with Crippen molar-refractivity contribution in [2.75, 3.05) is 13.1 Å². The van der Waals surface area contributed by atoms with Crippen molar-refractivity contribution >= 4 is 29.7 Å². The normalized spacial score (nSPS) is 12.7. The number of nitrogens with one attached hydrogen (secondary N) is 3. The summed E-state index contributed by atoms with van der Waals surface area (Å²) in [4.78, 5) is 55.1. The molecular weight excluding hydrogens is 350 g/mol. The van der Waals surface area contributed by atoms with Crippen LogP contribution < -0.4 is 16.0 Å². The van der Waals surface area contributed by atoms with Crippen LogP contribution in [0.15, 0.2) is 0 Å². The van der Waals surface area contributed by atoms with Crippen LogP contribution in [0, 0.1) is 0 Å². The highest BCUT2D eigenvalue weighted by atomic mass is 16.4. The molecule has 0 aliphatic heterocycles. The van der Waals surface area contributed by atoms with Crippen LogP contribution in [-0.4, -0.2) is 70.2 Å². The molecular formula is C15H25N3O8. The molecule has 0 aromatic heterocycles. The molecule has 0 rings (SSSR count). The van der Waals surface area contributed by atoms with E-state index in [4.69, 9.17) is 15.3 Å². The van der Waals surface area contributed by atoms with Crippen molar-refractivity contribution in [3.63, 3.8) is 0 Å². The summed E-state index contributed by atoms with van der Waals surface area (Å²) in [5.41, 5.74) is 0. The van der Waals surface area contributed by atoms with E-state index in [0.29, 0.717) is 19.4 Å². The number of amides is 2. The summed E-state index contributed by atoms with van der Waals surface area (Å²) < 4.78 is 0. The first-order chi connectivity index (χ1) is 12.1. The summed E-state index contributed by atoms with van der Waals surface area (Å²) >= 11 is 0. The second kappa shape index (κ2) is 12.6. The molecule has 6 N–H and O–H groups in total.